The van der Waals surface area contributed by atoms with E-state index in [9.17, 15) is 9.90 Å². The van der Waals surface area contributed by atoms with E-state index in [0.717, 1.165) is 24.8 Å². The Morgan fingerprint density at radius 1 is 0.955 bits per heavy atom. The number of rotatable bonds is 11. The third-order valence-corrected chi connectivity index (χ3v) is 4.41. The Balaban J connectivity index is 0.00000441. The molecule has 0 saturated heterocycles. The minimum atomic E-state index is -0.747. The quantitative estimate of drug-likeness (QED) is 0.473. The van der Waals surface area contributed by atoms with Crippen molar-refractivity contribution in [3.05, 3.63) is 35.9 Å². The van der Waals surface area contributed by atoms with Gasteiger partial charge in [-0.2, -0.15) is 0 Å². The number of carboxylic acids is 1. The summed E-state index contributed by atoms with van der Waals surface area (Å²) in [5.41, 5.74) is 0.171. The maximum atomic E-state index is 11.7. The van der Waals surface area contributed by atoms with Crippen molar-refractivity contribution >= 4 is 43.7 Å². The predicted octanol–water partition coefficient (Wildman–Crippen LogP) is 4.64. The zero-order chi connectivity index (χ0) is 15.6. The predicted molar refractivity (Wildman–Crippen MR) is 97.2 cm³/mol. The maximum absolute atomic E-state index is 11.7. The monoisotopic (exact) mass is 332 g/mol. The normalized spacial score (nSPS) is 13.2. The first-order chi connectivity index (χ1) is 10.1. The SMILES string of the molecule is CCCCCCCCCCC(C)(C(=O)O)c1ccccc1.[CaH2]. The molecule has 1 aromatic rings. The molecular formula is C19H32CaO2. The number of carboxylic acid groups (broad SMARTS) is 1. The standard InChI is InChI=1S/C19H30O2.Ca.2H/c1-3-4-5-6-7-8-9-13-16-19(2,18(20)21)17-14-11-10-12-15-17;;;/h10-12,14-15H,3-9,13,16H2,1-2H3,(H,20,21);;;. The molecule has 1 atom stereocenters. The number of hydrogen-bond acceptors (Lipinski definition) is 1. The van der Waals surface area contributed by atoms with E-state index in [1.54, 1.807) is 0 Å². The molecule has 0 aliphatic carbocycles. The van der Waals surface area contributed by atoms with Gasteiger partial charge in [-0.25, -0.2) is 0 Å². The van der Waals surface area contributed by atoms with Crippen LogP contribution in [-0.2, 0) is 10.2 Å². The molecule has 0 amide bonds. The van der Waals surface area contributed by atoms with E-state index in [-0.39, 0.29) is 37.7 Å². The molecule has 0 spiro atoms. The van der Waals surface area contributed by atoms with Crippen LogP contribution in [0.1, 0.15) is 77.2 Å². The van der Waals surface area contributed by atoms with Crippen molar-refractivity contribution in [2.45, 2.75) is 77.0 Å². The van der Waals surface area contributed by atoms with Gasteiger partial charge in [0.15, 0.2) is 0 Å². The van der Waals surface area contributed by atoms with E-state index < -0.39 is 11.4 Å². The second kappa shape index (κ2) is 12.4. The summed E-state index contributed by atoms with van der Waals surface area (Å²) in [6, 6.07) is 9.63. The summed E-state index contributed by atoms with van der Waals surface area (Å²) in [7, 11) is 0. The van der Waals surface area contributed by atoms with Gasteiger partial charge in [0.25, 0.3) is 0 Å². The van der Waals surface area contributed by atoms with Crippen LogP contribution in [-0.4, -0.2) is 48.8 Å². The average molecular weight is 333 g/mol. The van der Waals surface area contributed by atoms with Crippen molar-refractivity contribution in [2.24, 2.45) is 0 Å². The Bertz CT molecular complexity index is 405. The molecule has 22 heavy (non-hydrogen) atoms. The van der Waals surface area contributed by atoms with Crippen LogP contribution >= 0.6 is 0 Å². The van der Waals surface area contributed by atoms with Crippen LogP contribution < -0.4 is 0 Å². The fourth-order valence-corrected chi connectivity index (χ4v) is 2.79. The zero-order valence-electron chi connectivity index (χ0n) is 13.6. The van der Waals surface area contributed by atoms with Crippen LogP contribution in [0.2, 0.25) is 0 Å². The molecule has 1 N–H and O–H groups in total. The average Bonchev–Trinajstić information content (AvgIpc) is 2.50. The molecule has 0 aliphatic rings. The summed E-state index contributed by atoms with van der Waals surface area (Å²) in [5.74, 6) is -0.711. The molecule has 0 radical (unpaired) electrons. The molecule has 1 rings (SSSR count). The van der Waals surface area contributed by atoms with E-state index in [0.29, 0.717) is 0 Å². The van der Waals surface area contributed by atoms with Crippen molar-refractivity contribution in [1.82, 2.24) is 0 Å². The van der Waals surface area contributed by atoms with Gasteiger partial charge in [-0.15, -0.1) is 0 Å². The van der Waals surface area contributed by atoms with Gasteiger partial charge in [-0.1, -0.05) is 88.6 Å². The van der Waals surface area contributed by atoms with Crippen LogP contribution in [0.3, 0.4) is 0 Å². The summed E-state index contributed by atoms with van der Waals surface area (Å²) in [6.45, 7) is 4.09. The van der Waals surface area contributed by atoms with Crippen molar-refractivity contribution in [3.8, 4) is 0 Å². The van der Waals surface area contributed by atoms with Crippen molar-refractivity contribution < 1.29 is 9.90 Å². The summed E-state index contributed by atoms with van der Waals surface area (Å²) in [4.78, 5) is 11.7. The number of unbranched alkanes of at least 4 members (excludes halogenated alkanes) is 7. The second-order valence-electron chi connectivity index (χ2n) is 6.23. The molecule has 0 aliphatic heterocycles. The van der Waals surface area contributed by atoms with Crippen LogP contribution in [0.25, 0.3) is 0 Å². The minimum absolute atomic E-state index is 0. The Labute approximate surface area is 165 Å². The fourth-order valence-electron chi connectivity index (χ4n) is 2.79. The molecule has 0 heterocycles. The first kappa shape index (κ1) is 21.9. The zero-order valence-corrected chi connectivity index (χ0v) is 13.6. The summed E-state index contributed by atoms with van der Waals surface area (Å²) >= 11 is 0. The molecule has 0 bridgehead atoms. The molecule has 122 valence electrons. The van der Waals surface area contributed by atoms with E-state index in [1.165, 1.54) is 38.5 Å². The molecular weight excluding hydrogens is 300 g/mol. The number of hydrogen-bond donors (Lipinski definition) is 1. The molecule has 3 heteroatoms. The molecule has 2 nitrogen and oxygen atoms in total. The van der Waals surface area contributed by atoms with Gasteiger partial charge in [0.2, 0.25) is 0 Å². The van der Waals surface area contributed by atoms with Crippen molar-refractivity contribution in [3.63, 3.8) is 0 Å². The Kier molecular flexibility index (Phi) is 12.4. The summed E-state index contributed by atoms with van der Waals surface area (Å²) < 4.78 is 0. The third kappa shape index (κ3) is 7.48. The molecule has 0 fully saturated rings. The van der Waals surface area contributed by atoms with Crippen LogP contribution in [0, 0.1) is 0 Å². The van der Waals surface area contributed by atoms with Gasteiger partial charge >= 0.3 is 43.7 Å². The van der Waals surface area contributed by atoms with Crippen molar-refractivity contribution in [1.29, 1.82) is 0 Å². The van der Waals surface area contributed by atoms with Gasteiger partial charge in [0, 0.05) is 0 Å². The molecule has 1 aromatic carbocycles. The molecule has 0 aromatic heterocycles. The van der Waals surface area contributed by atoms with E-state index in [1.807, 2.05) is 37.3 Å². The van der Waals surface area contributed by atoms with Crippen LogP contribution in [0.15, 0.2) is 30.3 Å². The number of carbonyl (C=O) groups is 1. The Morgan fingerprint density at radius 3 is 1.95 bits per heavy atom. The van der Waals surface area contributed by atoms with Gasteiger partial charge in [-0.3, -0.25) is 4.79 Å². The second-order valence-corrected chi connectivity index (χ2v) is 6.23. The molecule has 0 saturated carbocycles. The summed E-state index contributed by atoms with van der Waals surface area (Å²) in [6.07, 6.45) is 10.7. The fraction of sp³-hybridized carbons (Fsp3) is 0.632. The van der Waals surface area contributed by atoms with Crippen molar-refractivity contribution in [2.75, 3.05) is 0 Å². The van der Waals surface area contributed by atoms with Crippen LogP contribution in [0.5, 0.6) is 0 Å². The Hall–Kier alpha value is -0.0503. The van der Waals surface area contributed by atoms with E-state index >= 15 is 0 Å². The first-order valence-corrected chi connectivity index (χ1v) is 8.40. The molecule has 1 unspecified atom stereocenters. The van der Waals surface area contributed by atoms with Gasteiger partial charge in [0.05, 0.1) is 5.41 Å². The third-order valence-electron chi connectivity index (χ3n) is 4.41. The van der Waals surface area contributed by atoms with Gasteiger partial charge in [-0.05, 0) is 18.9 Å². The van der Waals surface area contributed by atoms with Gasteiger partial charge < -0.3 is 5.11 Å². The van der Waals surface area contributed by atoms with Crippen LogP contribution in [0.4, 0.5) is 0 Å². The van der Waals surface area contributed by atoms with Gasteiger partial charge in [0.1, 0.15) is 0 Å². The van der Waals surface area contributed by atoms with E-state index in [4.69, 9.17) is 0 Å². The Morgan fingerprint density at radius 2 is 1.45 bits per heavy atom. The number of aliphatic carboxylic acids is 1. The summed E-state index contributed by atoms with van der Waals surface area (Å²) in [5, 5.41) is 9.59. The first-order valence-electron chi connectivity index (χ1n) is 8.40. The number of benzene rings is 1. The van der Waals surface area contributed by atoms with E-state index in [2.05, 4.69) is 6.92 Å². The topological polar surface area (TPSA) is 37.3 Å².